The molecule has 2 aromatic heterocycles. The molecule has 0 aromatic carbocycles. The van der Waals surface area contributed by atoms with E-state index in [-0.39, 0.29) is 11.8 Å². The third-order valence-corrected chi connectivity index (χ3v) is 6.19. The van der Waals surface area contributed by atoms with Crippen molar-refractivity contribution >= 4 is 23.1 Å². The first kappa shape index (κ1) is 15.6. The van der Waals surface area contributed by atoms with Crippen molar-refractivity contribution in [2.45, 2.75) is 50.4 Å². The third-order valence-electron chi connectivity index (χ3n) is 5.24. The molecule has 6 heteroatoms. The van der Waals surface area contributed by atoms with Gasteiger partial charge in [-0.25, -0.2) is 9.97 Å². The predicted octanol–water partition coefficient (Wildman–Crippen LogP) is 4.02. The summed E-state index contributed by atoms with van der Waals surface area (Å²) < 4.78 is 0. The van der Waals surface area contributed by atoms with Crippen molar-refractivity contribution in [3.8, 4) is 10.6 Å². The number of aromatic nitrogens is 2. The smallest absolute Gasteiger partial charge is 0.306 e. The van der Waals surface area contributed by atoms with Crippen molar-refractivity contribution in [3.63, 3.8) is 0 Å². The van der Waals surface area contributed by atoms with E-state index in [2.05, 4.69) is 16.4 Å². The Hall–Kier alpha value is -1.95. The SMILES string of the molecule is Nc1ncc(-c2sccc2C2CC2)nc1C1CCC(C(=O)O)CC1. The lowest BCUT2D eigenvalue weighted by Gasteiger charge is -2.26. The topological polar surface area (TPSA) is 89.1 Å². The van der Waals surface area contributed by atoms with E-state index in [1.54, 1.807) is 17.5 Å². The van der Waals surface area contributed by atoms with Crippen LogP contribution in [0.5, 0.6) is 0 Å². The molecule has 0 aliphatic heterocycles. The van der Waals surface area contributed by atoms with Gasteiger partial charge < -0.3 is 10.8 Å². The summed E-state index contributed by atoms with van der Waals surface area (Å²) in [5, 5.41) is 11.3. The van der Waals surface area contributed by atoms with Gasteiger partial charge in [-0.3, -0.25) is 4.79 Å². The van der Waals surface area contributed by atoms with E-state index >= 15 is 0 Å². The van der Waals surface area contributed by atoms with E-state index in [9.17, 15) is 4.79 Å². The molecule has 0 radical (unpaired) electrons. The summed E-state index contributed by atoms with van der Waals surface area (Å²) in [6, 6.07) is 2.20. The molecule has 2 heterocycles. The number of anilines is 1. The van der Waals surface area contributed by atoms with Gasteiger partial charge in [0.05, 0.1) is 28.4 Å². The van der Waals surface area contributed by atoms with Crippen LogP contribution in [0.2, 0.25) is 0 Å². The van der Waals surface area contributed by atoms with Crippen LogP contribution in [0.3, 0.4) is 0 Å². The van der Waals surface area contributed by atoms with Crippen LogP contribution in [0.4, 0.5) is 5.82 Å². The molecule has 2 fully saturated rings. The molecule has 2 aliphatic carbocycles. The maximum atomic E-state index is 11.1. The Morgan fingerprint density at radius 1 is 1.17 bits per heavy atom. The van der Waals surface area contributed by atoms with Crippen molar-refractivity contribution in [1.82, 2.24) is 9.97 Å². The predicted molar refractivity (Wildman–Crippen MR) is 94.1 cm³/mol. The summed E-state index contributed by atoms with van der Waals surface area (Å²) >= 11 is 1.72. The molecule has 0 bridgehead atoms. The zero-order valence-electron chi connectivity index (χ0n) is 13.4. The quantitative estimate of drug-likeness (QED) is 0.875. The summed E-state index contributed by atoms with van der Waals surface area (Å²) in [7, 11) is 0. The Kier molecular flexibility index (Phi) is 4.00. The zero-order valence-corrected chi connectivity index (χ0v) is 14.3. The highest BCUT2D eigenvalue weighted by Gasteiger charge is 2.30. The molecule has 0 amide bonds. The molecular weight excluding hydrogens is 322 g/mol. The van der Waals surface area contributed by atoms with Crippen LogP contribution in [0.25, 0.3) is 10.6 Å². The number of nitrogens with two attached hydrogens (primary N) is 1. The monoisotopic (exact) mass is 343 g/mol. The van der Waals surface area contributed by atoms with Gasteiger partial charge in [-0.1, -0.05) is 0 Å². The Morgan fingerprint density at radius 2 is 1.88 bits per heavy atom. The van der Waals surface area contributed by atoms with E-state index in [0.29, 0.717) is 24.6 Å². The first-order valence-corrected chi connectivity index (χ1v) is 9.44. The van der Waals surface area contributed by atoms with Crippen LogP contribution >= 0.6 is 11.3 Å². The van der Waals surface area contributed by atoms with Crippen LogP contribution in [0.15, 0.2) is 17.6 Å². The molecule has 126 valence electrons. The van der Waals surface area contributed by atoms with Crippen LogP contribution in [0.1, 0.15) is 61.6 Å². The molecule has 2 saturated carbocycles. The maximum absolute atomic E-state index is 11.1. The van der Waals surface area contributed by atoms with Gasteiger partial charge in [-0.15, -0.1) is 11.3 Å². The normalized spacial score (nSPS) is 24.0. The summed E-state index contributed by atoms with van der Waals surface area (Å²) in [6.45, 7) is 0. The van der Waals surface area contributed by atoms with E-state index < -0.39 is 5.97 Å². The van der Waals surface area contributed by atoms with Crippen LogP contribution < -0.4 is 5.73 Å². The molecule has 0 saturated heterocycles. The van der Waals surface area contributed by atoms with Gasteiger partial charge in [-0.2, -0.15) is 0 Å². The number of carboxylic acid groups (broad SMARTS) is 1. The van der Waals surface area contributed by atoms with E-state index in [1.165, 1.54) is 23.3 Å². The summed E-state index contributed by atoms with van der Waals surface area (Å²) in [4.78, 5) is 21.6. The van der Waals surface area contributed by atoms with E-state index in [0.717, 1.165) is 24.2 Å². The van der Waals surface area contributed by atoms with Gasteiger partial charge in [0.25, 0.3) is 0 Å². The lowest BCUT2D eigenvalue weighted by Crippen LogP contribution is -2.21. The summed E-state index contributed by atoms with van der Waals surface area (Å²) in [5.41, 5.74) is 9.25. The lowest BCUT2D eigenvalue weighted by atomic mass is 9.80. The fourth-order valence-corrected chi connectivity index (χ4v) is 4.62. The van der Waals surface area contributed by atoms with Gasteiger partial charge >= 0.3 is 5.97 Å². The Labute approximate surface area is 145 Å². The second-order valence-corrected chi connectivity index (χ2v) is 7.81. The lowest BCUT2D eigenvalue weighted by molar-refractivity contribution is -0.142. The fourth-order valence-electron chi connectivity index (χ4n) is 3.68. The highest BCUT2D eigenvalue weighted by Crippen LogP contribution is 2.46. The van der Waals surface area contributed by atoms with Crippen LogP contribution in [-0.2, 0) is 4.79 Å². The van der Waals surface area contributed by atoms with Gasteiger partial charge in [0.2, 0.25) is 0 Å². The average molecular weight is 343 g/mol. The largest absolute Gasteiger partial charge is 0.481 e. The number of aliphatic carboxylic acids is 1. The molecular formula is C18H21N3O2S. The first-order chi connectivity index (χ1) is 11.6. The number of hydrogen-bond acceptors (Lipinski definition) is 5. The highest BCUT2D eigenvalue weighted by atomic mass is 32.1. The van der Waals surface area contributed by atoms with Gasteiger partial charge in [0.1, 0.15) is 5.82 Å². The summed E-state index contributed by atoms with van der Waals surface area (Å²) in [6.07, 6.45) is 7.32. The molecule has 0 unspecified atom stereocenters. The Bertz CT molecular complexity index is 761. The first-order valence-electron chi connectivity index (χ1n) is 8.56. The van der Waals surface area contributed by atoms with Crippen molar-refractivity contribution in [3.05, 3.63) is 28.9 Å². The number of thiophene rings is 1. The minimum absolute atomic E-state index is 0.220. The number of nitrogens with zero attached hydrogens (tertiary/aromatic N) is 2. The maximum Gasteiger partial charge on any atom is 0.306 e. The minimum atomic E-state index is -0.686. The Balaban J connectivity index is 1.60. The molecule has 2 aliphatic rings. The van der Waals surface area contributed by atoms with Gasteiger partial charge in [0, 0.05) is 5.92 Å². The highest BCUT2D eigenvalue weighted by molar-refractivity contribution is 7.13. The molecule has 3 N–H and O–H groups in total. The molecule has 2 aromatic rings. The second-order valence-electron chi connectivity index (χ2n) is 6.89. The zero-order chi connectivity index (χ0) is 16.7. The van der Waals surface area contributed by atoms with Gasteiger partial charge in [-0.05, 0) is 61.5 Å². The van der Waals surface area contributed by atoms with Crippen LogP contribution in [-0.4, -0.2) is 21.0 Å². The molecule has 4 rings (SSSR count). The number of carboxylic acids is 1. The van der Waals surface area contributed by atoms with E-state index in [1.807, 2.05) is 0 Å². The van der Waals surface area contributed by atoms with Gasteiger partial charge in [0.15, 0.2) is 0 Å². The summed E-state index contributed by atoms with van der Waals surface area (Å²) in [5.74, 6) is 0.478. The number of rotatable bonds is 4. The molecule has 5 nitrogen and oxygen atoms in total. The van der Waals surface area contributed by atoms with Crippen molar-refractivity contribution < 1.29 is 9.90 Å². The number of carbonyl (C=O) groups is 1. The fraction of sp³-hybridized carbons (Fsp3) is 0.500. The van der Waals surface area contributed by atoms with Crippen LogP contribution in [0, 0.1) is 5.92 Å². The number of hydrogen-bond donors (Lipinski definition) is 2. The molecule has 0 atom stereocenters. The molecule has 0 spiro atoms. The minimum Gasteiger partial charge on any atom is -0.481 e. The molecule has 24 heavy (non-hydrogen) atoms. The standard InChI is InChI=1S/C18H21N3O2S/c19-17-15(11-3-5-12(6-4-11)18(22)23)21-14(9-20-17)16-13(7-8-24-16)10-1-2-10/h7-12H,1-6H2,(H2,19,20)(H,22,23). The Morgan fingerprint density at radius 3 is 2.54 bits per heavy atom. The van der Waals surface area contributed by atoms with Crippen molar-refractivity contribution in [1.29, 1.82) is 0 Å². The number of nitrogen functional groups attached to an aromatic ring is 1. The third kappa shape index (κ3) is 2.90. The second kappa shape index (κ2) is 6.16. The average Bonchev–Trinajstić information content (AvgIpc) is 3.32. The van der Waals surface area contributed by atoms with Crippen molar-refractivity contribution in [2.24, 2.45) is 5.92 Å². The van der Waals surface area contributed by atoms with Crippen molar-refractivity contribution in [2.75, 3.05) is 5.73 Å². The van der Waals surface area contributed by atoms with E-state index in [4.69, 9.17) is 15.8 Å².